The molecule has 1 fully saturated rings. The van der Waals surface area contributed by atoms with E-state index in [9.17, 15) is 5.11 Å². The minimum atomic E-state index is 0.163. The van der Waals surface area contributed by atoms with Crippen molar-refractivity contribution in [3.8, 4) is 11.5 Å². The highest BCUT2D eigenvalue weighted by Gasteiger charge is 2.31. The van der Waals surface area contributed by atoms with Crippen molar-refractivity contribution in [3.63, 3.8) is 0 Å². The SMILES string of the molecule is NCC1(COc2ccc(O)cc2)CCCCC1. The van der Waals surface area contributed by atoms with E-state index in [2.05, 4.69) is 0 Å². The molecular weight excluding hydrogens is 214 g/mol. The zero-order chi connectivity index (χ0) is 12.1. The predicted octanol–water partition coefficient (Wildman–Crippen LogP) is 2.68. The van der Waals surface area contributed by atoms with Crippen LogP contribution in [0.1, 0.15) is 32.1 Å². The molecule has 94 valence electrons. The molecule has 0 spiro atoms. The molecule has 0 radical (unpaired) electrons. The topological polar surface area (TPSA) is 55.5 Å². The molecule has 0 heterocycles. The van der Waals surface area contributed by atoms with E-state index < -0.39 is 0 Å². The lowest BCUT2D eigenvalue weighted by Crippen LogP contribution is -2.38. The quantitative estimate of drug-likeness (QED) is 0.843. The van der Waals surface area contributed by atoms with Gasteiger partial charge in [-0.1, -0.05) is 19.3 Å². The van der Waals surface area contributed by atoms with Gasteiger partial charge in [-0.15, -0.1) is 0 Å². The van der Waals surface area contributed by atoms with E-state index in [0.29, 0.717) is 13.2 Å². The van der Waals surface area contributed by atoms with Crippen LogP contribution in [0.4, 0.5) is 0 Å². The normalized spacial score (nSPS) is 18.9. The summed E-state index contributed by atoms with van der Waals surface area (Å²) in [4.78, 5) is 0. The third kappa shape index (κ3) is 3.13. The van der Waals surface area contributed by atoms with E-state index in [0.717, 1.165) is 5.75 Å². The maximum Gasteiger partial charge on any atom is 0.119 e. The largest absolute Gasteiger partial charge is 0.508 e. The smallest absolute Gasteiger partial charge is 0.119 e. The average molecular weight is 235 g/mol. The van der Waals surface area contributed by atoms with Gasteiger partial charge in [0.15, 0.2) is 0 Å². The van der Waals surface area contributed by atoms with Gasteiger partial charge in [-0.25, -0.2) is 0 Å². The van der Waals surface area contributed by atoms with Crippen LogP contribution in [0.5, 0.6) is 11.5 Å². The Hall–Kier alpha value is -1.22. The molecule has 0 atom stereocenters. The Morgan fingerprint density at radius 3 is 2.35 bits per heavy atom. The number of phenols is 1. The molecule has 1 aromatic rings. The number of ether oxygens (including phenoxy) is 1. The second-order valence-electron chi connectivity index (χ2n) is 5.05. The summed E-state index contributed by atoms with van der Waals surface area (Å²) in [6, 6.07) is 6.88. The molecule has 3 nitrogen and oxygen atoms in total. The summed E-state index contributed by atoms with van der Waals surface area (Å²) in [6.07, 6.45) is 6.18. The fourth-order valence-corrected chi connectivity index (χ4v) is 2.49. The molecule has 3 N–H and O–H groups in total. The highest BCUT2D eigenvalue weighted by molar-refractivity contribution is 5.30. The molecule has 0 aromatic heterocycles. The van der Waals surface area contributed by atoms with Gasteiger partial charge in [0.2, 0.25) is 0 Å². The second kappa shape index (κ2) is 5.41. The van der Waals surface area contributed by atoms with Crippen molar-refractivity contribution in [2.45, 2.75) is 32.1 Å². The van der Waals surface area contributed by atoms with Crippen LogP contribution in [-0.2, 0) is 0 Å². The van der Waals surface area contributed by atoms with E-state index >= 15 is 0 Å². The fourth-order valence-electron chi connectivity index (χ4n) is 2.49. The summed E-state index contributed by atoms with van der Waals surface area (Å²) in [5.74, 6) is 1.07. The van der Waals surface area contributed by atoms with Gasteiger partial charge in [0, 0.05) is 12.0 Å². The first-order valence-corrected chi connectivity index (χ1v) is 6.36. The molecule has 1 aliphatic rings. The van der Waals surface area contributed by atoms with Crippen molar-refractivity contribution < 1.29 is 9.84 Å². The van der Waals surface area contributed by atoms with Crippen LogP contribution < -0.4 is 10.5 Å². The zero-order valence-electron chi connectivity index (χ0n) is 10.2. The molecule has 17 heavy (non-hydrogen) atoms. The van der Waals surface area contributed by atoms with Crippen molar-refractivity contribution in [1.29, 1.82) is 0 Å². The monoisotopic (exact) mass is 235 g/mol. The molecule has 1 saturated carbocycles. The van der Waals surface area contributed by atoms with Crippen LogP contribution in [-0.4, -0.2) is 18.3 Å². The van der Waals surface area contributed by atoms with Crippen LogP contribution in [0, 0.1) is 5.41 Å². The van der Waals surface area contributed by atoms with Crippen molar-refractivity contribution in [3.05, 3.63) is 24.3 Å². The Morgan fingerprint density at radius 1 is 1.12 bits per heavy atom. The third-order valence-electron chi connectivity index (χ3n) is 3.73. The molecule has 0 bridgehead atoms. The lowest BCUT2D eigenvalue weighted by atomic mass is 9.75. The second-order valence-corrected chi connectivity index (χ2v) is 5.05. The first kappa shape index (κ1) is 12.2. The van der Waals surface area contributed by atoms with Gasteiger partial charge in [-0.05, 0) is 37.1 Å². The molecular formula is C14H21NO2. The molecule has 0 saturated heterocycles. The van der Waals surface area contributed by atoms with E-state index in [4.69, 9.17) is 10.5 Å². The van der Waals surface area contributed by atoms with Gasteiger partial charge in [0.05, 0.1) is 6.61 Å². The number of phenolic OH excluding ortho intramolecular Hbond substituents is 1. The fraction of sp³-hybridized carbons (Fsp3) is 0.571. The molecule has 1 aromatic carbocycles. The Morgan fingerprint density at radius 2 is 1.76 bits per heavy atom. The Labute approximate surface area is 103 Å². The summed E-state index contributed by atoms with van der Waals surface area (Å²) in [6.45, 7) is 1.39. The first-order valence-electron chi connectivity index (χ1n) is 6.36. The summed E-state index contributed by atoms with van der Waals surface area (Å²) in [7, 11) is 0. The molecule has 1 aliphatic carbocycles. The molecule has 2 rings (SSSR count). The Bertz CT molecular complexity index is 342. The number of benzene rings is 1. The standard InChI is InChI=1S/C14H21NO2/c15-10-14(8-2-1-3-9-14)11-17-13-6-4-12(16)5-7-13/h4-7,16H,1-3,8-11,15H2. The Kier molecular flexibility index (Phi) is 3.89. The van der Waals surface area contributed by atoms with Crippen LogP contribution >= 0.6 is 0 Å². The highest BCUT2D eigenvalue weighted by Crippen LogP contribution is 2.35. The summed E-state index contributed by atoms with van der Waals surface area (Å²) < 4.78 is 5.80. The molecule has 0 amide bonds. The number of aromatic hydroxyl groups is 1. The van der Waals surface area contributed by atoms with Crippen molar-refractivity contribution in [2.24, 2.45) is 11.1 Å². The van der Waals surface area contributed by atoms with E-state index in [1.807, 2.05) is 0 Å². The van der Waals surface area contributed by atoms with Crippen LogP contribution in [0.15, 0.2) is 24.3 Å². The van der Waals surface area contributed by atoms with Crippen LogP contribution in [0.25, 0.3) is 0 Å². The average Bonchev–Trinajstić information content (AvgIpc) is 2.39. The van der Waals surface area contributed by atoms with Gasteiger partial charge < -0.3 is 15.6 Å². The minimum Gasteiger partial charge on any atom is -0.508 e. The lowest BCUT2D eigenvalue weighted by Gasteiger charge is -2.35. The van der Waals surface area contributed by atoms with Gasteiger partial charge in [0.1, 0.15) is 11.5 Å². The third-order valence-corrected chi connectivity index (χ3v) is 3.73. The molecule has 0 aliphatic heterocycles. The lowest BCUT2D eigenvalue weighted by molar-refractivity contribution is 0.105. The maximum absolute atomic E-state index is 9.19. The maximum atomic E-state index is 9.19. The van der Waals surface area contributed by atoms with Crippen molar-refractivity contribution in [1.82, 2.24) is 0 Å². The van der Waals surface area contributed by atoms with Crippen molar-refractivity contribution in [2.75, 3.05) is 13.2 Å². The van der Waals surface area contributed by atoms with Crippen LogP contribution in [0.2, 0.25) is 0 Å². The molecule has 0 unspecified atom stereocenters. The number of rotatable bonds is 4. The first-order chi connectivity index (χ1) is 8.24. The van der Waals surface area contributed by atoms with E-state index in [-0.39, 0.29) is 11.2 Å². The highest BCUT2D eigenvalue weighted by atomic mass is 16.5. The Balaban J connectivity index is 1.93. The summed E-state index contributed by atoms with van der Waals surface area (Å²) in [5.41, 5.74) is 6.07. The van der Waals surface area contributed by atoms with E-state index in [1.54, 1.807) is 24.3 Å². The molecule has 3 heteroatoms. The zero-order valence-corrected chi connectivity index (χ0v) is 10.2. The van der Waals surface area contributed by atoms with Gasteiger partial charge in [-0.3, -0.25) is 0 Å². The van der Waals surface area contributed by atoms with Crippen molar-refractivity contribution >= 4 is 0 Å². The predicted molar refractivity (Wildman–Crippen MR) is 68.2 cm³/mol. The number of nitrogens with two attached hydrogens (primary N) is 1. The minimum absolute atomic E-state index is 0.163. The number of hydrogen-bond donors (Lipinski definition) is 2. The summed E-state index contributed by atoms with van der Waals surface area (Å²) >= 11 is 0. The van der Waals surface area contributed by atoms with Gasteiger partial charge >= 0.3 is 0 Å². The van der Waals surface area contributed by atoms with Gasteiger partial charge in [-0.2, -0.15) is 0 Å². The van der Waals surface area contributed by atoms with Crippen LogP contribution in [0.3, 0.4) is 0 Å². The summed E-state index contributed by atoms with van der Waals surface area (Å²) in [5, 5.41) is 9.19. The van der Waals surface area contributed by atoms with E-state index in [1.165, 1.54) is 32.1 Å². The number of hydrogen-bond acceptors (Lipinski definition) is 3. The van der Waals surface area contributed by atoms with Gasteiger partial charge in [0.25, 0.3) is 0 Å².